The second-order valence-corrected chi connectivity index (χ2v) is 4.13. The molecule has 6 heteroatoms. The molecule has 0 saturated heterocycles. The molecule has 6 nitrogen and oxygen atoms in total. The average molecular weight is 251 g/mol. The first-order valence-electron chi connectivity index (χ1n) is 6.14. The molecule has 3 N–H and O–H groups in total. The Morgan fingerprint density at radius 1 is 1.44 bits per heavy atom. The van der Waals surface area contributed by atoms with Gasteiger partial charge in [0.1, 0.15) is 11.9 Å². The van der Waals surface area contributed by atoms with E-state index in [0.29, 0.717) is 18.9 Å². The lowest BCUT2D eigenvalue weighted by molar-refractivity contribution is -0.131. The summed E-state index contributed by atoms with van der Waals surface area (Å²) in [6.45, 7) is 8.97. The maximum atomic E-state index is 12.1. The number of aromatic nitrogens is 2. The Labute approximate surface area is 108 Å². The Hall–Kier alpha value is -1.85. The van der Waals surface area contributed by atoms with Crippen LogP contribution in [0.4, 0.5) is 11.8 Å². The summed E-state index contributed by atoms with van der Waals surface area (Å²) in [4.78, 5) is 21.9. The maximum Gasteiger partial charge on any atom is 0.244 e. The summed E-state index contributed by atoms with van der Waals surface area (Å²) in [5.41, 5.74) is 6.34. The number of nitrogens with zero attached hydrogens (tertiary/aromatic N) is 3. The molecule has 0 spiro atoms. The van der Waals surface area contributed by atoms with Gasteiger partial charge in [0.2, 0.25) is 11.9 Å². The van der Waals surface area contributed by atoms with Gasteiger partial charge in [-0.2, -0.15) is 4.98 Å². The first-order chi connectivity index (χ1) is 8.47. The highest BCUT2D eigenvalue weighted by molar-refractivity contribution is 5.84. The van der Waals surface area contributed by atoms with Crippen molar-refractivity contribution in [2.24, 2.45) is 0 Å². The van der Waals surface area contributed by atoms with Crippen molar-refractivity contribution in [2.75, 3.05) is 24.1 Å². The first kappa shape index (κ1) is 14.2. The van der Waals surface area contributed by atoms with Crippen molar-refractivity contribution in [3.05, 3.63) is 11.8 Å². The zero-order chi connectivity index (χ0) is 13.7. The summed E-state index contributed by atoms with van der Waals surface area (Å²) in [6.07, 6.45) is 0. The van der Waals surface area contributed by atoms with Crippen LogP contribution in [0.1, 0.15) is 26.5 Å². The van der Waals surface area contributed by atoms with Gasteiger partial charge in [-0.1, -0.05) is 0 Å². The van der Waals surface area contributed by atoms with E-state index in [2.05, 4.69) is 15.3 Å². The lowest BCUT2D eigenvalue weighted by atomic mass is 10.2. The van der Waals surface area contributed by atoms with Crippen LogP contribution in [-0.2, 0) is 4.79 Å². The Morgan fingerprint density at radius 3 is 2.56 bits per heavy atom. The molecule has 0 radical (unpaired) electrons. The fourth-order valence-corrected chi connectivity index (χ4v) is 1.76. The van der Waals surface area contributed by atoms with Crippen molar-refractivity contribution in [3.63, 3.8) is 0 Å². The molecule has 0 aliphatic heterocycles. The Kier molecular flexibility index (Phi) is 4.88. The van der Waals surface area contributed by atoms with Gasteiger partial charge >= 0.3 is 0 Å². The van der Waals surface area contributed by atoms with Gasteiger partial charge in [-0.15, -0.1) is 0 Å². The number of anilines is 2. The highest BCUT2D eigenvalue weighted by Crippen LogP contribution is 2.09. The zero-order valence-corrected chi connectivity index (χ0v) is 11.4. The molecule has 0 saturated carbocycles. The smallest absolute Gasteiger partial charge is 0.244 e. The molecule has 0 fully saturated rings. The van der Waals surface area contributed by atoms with E-state index >= 15 is 0 Å². The third-order valence-corrected chi connectivity index (χ3v) is 2.68. The van der Waals surface area contributed by atoms with Crippen molar-refractivity contribution in [3.8, 4) is 0 Å². The summed E-state index contributed by atoms with van der Waals surface area (Å²) in [5, 5.41) is 3.05. The molecular formula is C12H21N5O. The predicted molar refractivity (Wildman–Crippen MR) is 72.2 cm³/mol. The standard InChI is InChI=1S/C12H21N5O/c1-5-17(6-2)11(18)9(4)15-10-7-8(3)14-12(13)16-10/h7,9H,5-6H2,1-4H3,(H3,13,14,15,16). The number of nitrogen functional groups attached to an aromatic ring is 1. The number of amides is 1. The molecule has 1 unspecified atom stereocenters. The van der Waals surface area contributed by atoms with Gasteiger partial charge in [0.05, 0.1) is 0 Å². The van der Waals surface area contributed by atoms with E-state index in [1.165, 1.54) is 0 Å². The second-order valence-electron chi connectivity index (χ2n) is 4.13. The van der Waals surface area contributed by atoms with Gasteiger partial charge in [0.25, 0.3) is 0 Å². The quantitative estimate of drug-likeness (QED) is 0.816. The van der Waals surface area contributed by atoms with Gasteiger partial charge in [-0.25, -0.2) is 4.98 Å². The third kappa shape index (κ3) is 3.58. The zero-order valence-electron chi connectivity index (χ0n) is 11.4. The fourth-order valence-electron chi connectivity index (χ4n) is 1.76. The molecule has 1 aromatic rings. The topological polar surface area (TPSA) is 84.1 Å². The van der Waals surface area contributed by atoms with E-state index in [0.717, 1.165) is 5.69 Å². The van der Waals surface area contributed by atoms with Gasteiger partial charge in [-0.3, -0.25) is 4.79 Å². The van der Waals surface area contributed by atoms with Crippen LogP contribution < -0.4 is 11.1 Å². The number of carbonyl (C=O) groups excluding carboxylic acids is 1. The van der Waals surface area contributed by atoms with E-state index in [-0.39, 0.29) is 17.9 Å². The molecule has 0 aliphatic rings. The largest absolute Gasteiger partial charge is 0.368 e. The van der Waals surface area contributed by atoms with E-state index in [1.54, 1.807) is 11.0 Å². The van der Waals surface area contributed by atoms with Gasteiger partial charge in [-0.05, 0) is 27.7 Å². The maximum absolute atomic E-state index is 12.1. The van der Waals surface area contributed by atoms with Gasteiger partial charge in [0.15, 0.2) is 0 Å². The molecule has 100 valence electrons. The van der Waals surface area contributed by atoms with E-state index in [1.807, 2.05) is 27.7 Å². The Morgan fingerprint density at radius 2 is 2.06 bits per heavy atom. The van der Waals surface area contributed by atoms with Crippen molar-refractivity contribution < 1.29 is 4.79 Å². The highest BCUT2D eigenvalue weighted by Gasteiger charge is 2.18. The van der Waals surface area contributed by atoms with E-state index in [4.69, 9.17) is 5.73 Å². The first-order valence-corrected chi connectivity index (χ1v) is 6.14. The van der Waals surface area contributed by atoms with Crippen molar-refractivity contribution in [1.29, 1.82) is 0 Å². The molecule has 1 rings (SSSR count). The van der Waals surface area contributed by atoms with Crippen LogP contribution in [0.25, 0.3) is 0 Å². The normalized spacial score (nSPS) is 12.0. The van der Waals surface area contributed by atoms with Crippen molar-refractivity contribution in [2.45, 2.75) is 33.7 Å². The lowest BCUT2D eigenvalue weighted by Gasteiger charge is -2.23. The summed E-state index contributed by atoms with van der Waals surface area (Å²) >= 11 is 0. The Balaban J connectivity index is 2.74. The number of aryl methyl sites for hydroxylation is 1. The molecule has 1 aromatic heterocycles. The second kappa shape index (κ2) is 6.18. The van der Waals surface area contributed by atoms with Crippen LogP contribution in [0.3, 0.4) is 0 Å². The van der Waals surface area contributed by atoms with Crippen LogP contribution in [0.5, 0.6) is 0 Å². The van der Waals surface area contributed by atoms with Crippen LogP contribution in [-0.4, -0.2) is 39.9 Å². The highest BCUT2D eigenvalue weighted by atomic mass is 16.2. The molecule has 1 atom stereocenters. The van der Waals surface area contributed by atoms with Gasteiger partial charge < -0.3 is 16.0 Å². The number of likely N-dealkylation sites (N-methyl/N-ethyl adjacent to an activating group) is 1. The molecule has 0 bridgehead atoms. The number of nitrogens with two attached hydrogens (primary N) is 1. The van der Waals surface area contributed by atoms with Crippen LogP contribution >= 0.6 is 0 Å². The van der Waals surface area contributed by atoms with E-state index in [9.17, 15) is 4.79 Å². The van der Waals surface area contributed by atoms with Crippen molar-refractivity contribution >= 4 is 17.7 Å². The minimum absolute atomic E-state index is 0.0508. The Bertz CT molecular complexity index is 397. The molecular weight excluding hydrogens is 230 g/mol. The third-order valence-electron chi connectivity index (χ3n) is 2.68. The van der Waals surface area contributed by atoms with Crippen molar-refractivity contribution in [1.82, 2.24) is 14.9 Å². The predicted octanol–water partition coefficient (Wildman–Crippen LogP) is 1.04. The van der Waals surface area contributed by atoms with E-state index < -0.39 is 0 Å². The molecule has 18 heavy (non-hydrogen) atoms. The van der Waals surface area contributed by atoms with Crippen LogP contribution in [0.15, 0.2) is 6.07 Å². The number of nitrogens with one attached hydrogen (secondary N) is 1. The minimum Gasteiger partial charge on any atom is -0.368 e. The number of hydrogen-bond donors (Lipinski definition) is 2. The molecule has 0 aliphatic carbocycles. The van der Waals surface area contributed by atoms with Crippen LogP contribution in [0.2, 0.25) is 0 Å². The summed E-state index contributed by atoms with van der Waals surface area (Å²) < 4.78 is 0. The lowest BCUT2D eigenvalue weighted by Crippen LogP contribution is -2.41. The minimum atomic E-state index is -0.335. The van der Waals surface area contributed by atoms with Gasteiger partial charge in [0, 0.05) is 24.8 Å². The average Bonchev–Trinajstić information content (AvgIpc) is 2.28. The monoisotopic (exact) mass is 251 g/mol. The molecule has 1 amide bonds. The fraction of sp³-hybridized carbons (Fsp3) is 0.583. The molecule has 0 aromatic carbocycles. The summed E-state index contributed by atoms with van der Waals surface area (Å²) in [5.74, 6) is 0.836. The molecule has 1 heterocycles. The summed E-state index contributed by atoms with van der Waals surface area (Å²) in [6, 6.07) is 1.43. The summed E-state index contributed by atoms with van der Waals surface area (Å²) in [7, 11) is 0. The SMILES string of the molecule is CCN(CC)C(=O)C(C)Nc1cc(C)nc(N)n1. The number of carbonyl (C=O) groups is 1. The van der Waals surface area contributed by atoms with Crippen LogP contribution in [0, 0.1) is 6.92 Å². The number of hydrogen-bond acceptors (Lipinski definition) is 5. The number of rotatable bonds is 5.